The quantitative estimate of drug-likeness (QED) is 0.625. The fourth-order valence-electron chi connectivity index (χ4n) is 16.4. The van der Waals surface area contributed by atoms with Gasteiger partial charge in [0.2, 0.25) is 0 Å². The SMILES string of the molecule is C=C(C)c1ccccn1.[CH]12[CH]3[CH]4[CH]5[CH]1[Fe]23451678[CH]2[CH]1[CH]6[CH]7[CH]28. The van der Waals surface area contributed by atoms with E-state index in [9.17, 15) is 0 Å². The average Bonchev–Trinajstić information content (AvgIpc) is 3.40. The van der Waals surface area contributed by atoms with Gasteiger partial charge in [0.1, 0.15) is 0 Å². The van der Waals surface area contributed by atoms with Gasteiger partial charge in [-0.1, -0.05) is 12.6 Å². The first-order chi connectivity index (χ1) is 9.46. The van der Waals surface area contributed by atoms with Crippen LogP contribution < -0.4 is 0 Å². The predicted octanol–water partition coefficient (Wildman–Crippen LogP) is 5.49. The molecule has 1 aromatic heterocycles. The van der Waals surface area contributed by atoms with Gasteiger partial charge in [0.05, 0.1) is 5.69 Å². The van der Waals surface area contributed by atoms with Crippen LogP contribution in [0.4, 0.5) is 0 Å². The van der Waals surface area contributed by atoms with E-state index in [4.69, 9.17) is 0 Å². The Balaban J connectivity index is 0.0000000802. The van der Waals surface area contributed by atoms with Crippen molar-refractivity contribution in [3.05, 3.63) is 36.7 Å². The molecule has 10 saturated heterocycles. The zero-order chi connectivity index (χ0) is 12.8. The van der Waals surface area contributed by atoms with Crippen LogP contribution in [0.15, 0.2) is 31.0 Å². The van der Waals surface area contributed by atoms with Crippen molar-refractivity contribution in [3.63, 3.8) is 0 Å². The monoisotopic (exact) mass is 305 g/mol. The molecule has 0 bridgehead atoms. The van der Waals surface area contributed by atoms with E-state index in [2.05, 4.69) is 11.6 Å². The van der Waals surface area contributed by atoms with Gasteiger partial charge in [0.15, 0.2) is 0 Å². The molecule has 0 amide bonds. The summed E-state index contributed by atoms with van der Waals surface area (Å²) in [5.41, 5.74) is 1.98. The van der Waals surface area contributed by atoms with Gasteiger partial charge >= 0.3 is 54.7 Å². The second-order valence-corrected chi connectivity index (χ2v) is 35.5. The first-order valence-electron chi connectivity index (χ1n) is 8.25. The Hall–Kier alpha value is -0.591. The topological polar surface area (TPSA) is 12.9 Å². The number of aromatic nitrogens is 1. The van der Waals surface area contributed by atoms with Gasteiger partial charge in [-0.3, -0.25) is 4.98 Å². The second-order valence-electron chi connectivity index (χ2n) is 11.6. The number of hydrogen-bond acceptors (Lipinski definition) is 1. The molecule has 0 radical (unpaired) electrons. The summed E-state index contributed by atoms with van der Waals surface area (Å²) >= 11 is 0. The second kappa shape index (κ2) is 0.765. The summed E-state index contributed by atoms with van der Waals surface area (Å²) in [4.78, 5) is 20.0. The van der Waals surface area contributed by atoms with Crippen molar-refractivity contribution >= 4 is 5.57 Å². The molecule has 1 nitrogen and oxygen atoms in total. The first-order valence-corrected chi connectivity index (χ1v) is 14.6. The van der Waals surface area contributed by atoms with E-state index in [1.165, 1.54) is 0 Å². The molecule has 1 spiro atoms. The Morgan fingerprint density at radius 1 is 0.900 bits per heavy atom. The number of nitrogens with zero attached hydrogens (tertiary/aromatic N) is 1. The van der Waals surface area contributed by atoms with E-state index in [1.54, 1.807) is 54.4 Å². The number of pyridine rings is 1. The van der Waals surface area contributed by atoms with E-state index < -0.39 is 6.51 Å². The summed E-state index contributed by atoms with van der Waals surface area (Å²) < 4.78 is 0. The third-order valence-electron chi connectivity index (χ3n) is 15.6. The number of hydrogen-bond donors (Lipinski definition) is 0. The van der Waals surface area contributed by atoms with E-state index >= 15 is 0 Å². The van der Waals surface area contributed by atoms with E-state index in [0.717, 1.165) is 11.3 Å². The molecule has 1 aromatic rings. The molecule has 104 valence electrons. The molecule has 10 aliphatic heterocycles. The zero-order valence-corrected chi connectivity index (χ0v) is 12.7. The molecule has 11 heterocycles. The van der Waals surface area contributed by atoms with Crippen molar-refractivity contribution in [2.45, 2.75) is 55.1 Å². The maximum absolute atomic E-state index is 4.08. The molecular formula is C18H19FeN. The Morgan fingerprint density at radius 2 is 1.35 bits per heavy atom. The molecule has 10 aliphatic rings. The maximum atomic E-state index is 4.08. The van der Waals surface area contributed by atoms with Gasteiger partial charge in [-0.25, -0.2) is 0 Å². The first kappa shape index (κ1) is 8.15. The van der Waals surface area contributed by atoms with Crippen LogP contribution in [0.5, 0.6) is 0 Å². The Labute approximate surface area is 109 Å². The fraction of sp³-hybridized carbons (Fsp3) is 0.611. The van der Waals surface area contributed by atoms with Crippen LogP contribution in [-0.2, 0) is 6.51 Å². The van der Waals surface area contributed by atoms with Crippen molar-refractivity contribution in [1.82, 2.24) is 4.98 Å². The van der Waals surface area contributed by atoms with Crippen molar-refractivity contribution in [2.24, 2.45) is 0 Å². The molecule has 0 aliphatic carbocycles. The predicted molar refractivity (Wildman–Crippen MR) is 76.4 cm³/mol. The van der Waals surface area contributed by atoms with E-state index in [0.29, 0.717) is 0 Å². The zero-order valence-electron chi connectivity index (χ0n) is 11.6. The van der Waals surface area contributed by atoms with Gasteiger partial charge in [0, 0.05) is 6.20 Å². The van der Waals surface area contributed by atoms with Gasteiger partial charge in [-0.15, -0.1) is 0 Å². The molecule has 0 unspecified atom stereocenters. The van der Waals surface area contributed by atoms with Crippen LogP contribution in [0.2, 0.25) is 48.2 Å². The fourth-order valence-corrected chi connectivity index (χ4v) is 88.6. The van der Waals surface area contributed by atoms with Crippen LogP contribution in [0.1, 0.15) is 12.6 Å². The van der Waals surface area contributed by atoms with E-state index in [1.807, 2.05) is 25.1 Å². The van der Waals surface area contributed by atoms with Crippen molar-refractivity contribution in [2.75, 3.05) is 0 Å². The molecule has 2 heteroatoms. The van der Waals surface area contributed by atoms with Crippen LogP contribution in [0, 0.1) is 0 Å². The summed E-state index contributed by atoms with van der Waals surface area (Å²) in [6.07, 6.45) is 1.77. The molecular weight excluding hydrogens is 286 g/mol. The van der Waals surface area contributed by atoms with Gasteiger partial charge < -0.3 is 0 Å². The van der Waals surface area contributed by atoms with Gasteiger partial charge in [0.25, 0.3) is 0 Å². The Bertz CT molecular complexity index is 937. The minimum atomic E-state index is -2.28. The van der Waals surface area contributed by atoms with Crippen LogP contribution in [0.3, 0.4) is 0 Å². The molecule has 0 N–H and O–H groups in total. The summed E-state index contributed by atoms with van der Waals surface area (Å²) in [5, 5.41) is 0. The minimum absolute atomic E-state index is 0.970. The Morgan fingerprint density at radius 3 is 1.50 bits per heavy atom. The summed E-state index contributed by atoms with van der Waals surface area (Å²) in [5.74, 6) is 0. The molecule has 20 heavy (non-hydrogen) atoms. The van der Waals surface area contributed by atoms with Crippen molar-refractivity contribution in [3.8, 4) is 0 Å². The summed E-state index contributed by atoms with van der Waals surface area (Å²) in [6, 6.07) is 5.80. The molecule has 0 aromatic carbocycles. The summed E-state index contributed by atoms with van der Waals surface area (Å²) in [7, 11) is 0. The normalized spacial score (nSPS) is 98.0. The molecule has 11 rings (SSSR count). The molecule has 0 atom stereocenters. The number of rotatable bonds is 1. The van der Waals surface area contributed by atoms with Crippen LogP contribution >= 0.6 is 0 Å². The number of fused-ring (bicyclic) bond motifs is 10. The van der Waals surface area contributed by atoms with Crippen LogP contribution in [-0.4, -0.2) is 4.98 Å². The van der Waals surface area contributed by atoms with Crippen molar-refractivity contribution < 1.29 is 6.51 Å². The molecule has 0 saturated carbocycles. The van der Waals surface area contributed by atoms with E-state index in [-0.39, 0.29) is 0 Å². The summed E-state index contributed by atoms with van der Waals surface area (Å²) in [6.45, 7) is 3.43. The number of allylic oxidation sites excluding steroid dienone is 1. The molecule has 10 fully saturated rings. The van der Waals surface area contributed by atoms with Gasteiger partial charge in [-0.2, -0.15) is 0 Å². The third kappa shape index (κ3) is 0.105. The van der Waals surface area contributed by atoms with Gasteiger partial charge in [-0.05, 0) is 24.6 Å². The average molecular weight is 305 g/mol. The Kier molecular flexibility index (Phi) is 0.312. The van der Waals surface area contributed by atoms with Crippen LogP contribution in [0.25, 0.3) is 5.57 Å². The standard InChI is InChI=1S/C8H9N.2C5H5.Fe/c1-7(2)8-5-3-4-6-9-8;2*1-2-4-5-3-1;/h3-6H,1H2,2H3;2*1-5H;. The van der Waals surface area contributed by atoms with Crippen molar-refractivity contribution in [1.29, 1.82) is 0 Å². The third-order valence-corrected chi connectivity index (χ3v) is 57.6.